The topological polar surface area (TPSA) is 82.1 Å². The molecule has 0 aromatic heterocycles. The van der Waals surface area contributed by atoms with Crippen LogP contribution in [-0.4, -0.2) is 37.7 Å². The predicted molar refractivity (Wildman–Crippen MR) is 64.4 cm³/mol. The molecule has 0 saturated heterocycles. The van der Waals surface area contributed by atoms with Crippen molar-refractivity contribution in [2.75, 3.05) is 20.3 Å². The Morgan fingerprint density at radius 1 is 1.37 bits per heavy atom. The Labute approximate surface area is 109 Å². The van der Waals surface area contributed by atoms with Crippen molar-refractivity contribution >= 4 is 12.3 Å². The van der Waals surface area contributed by atoms with Crippen molar-refractivity contribution < 1.29 is 28.9 Å². The van der Waals surface area contributed by atoms with Crippen LogP contribution in [0.5, 0.6) is 11.5 Å². The minimum absolute atomic E-state index is 0.222. The number of esters is 1. The Balaban J connectivity index is 2.50. The van der Waals surface area contributed by atoms with Crippen LogP contribution in [0.1, 0.15) is 28.4 Å². The molecule has 1 aromatic rings. The highest BCUT2D eigenvalue weighted by molar-refractivity contribution is 5.84. The molecule has 0 fully saturated rings. The first-order chi connectivity index (χ1) is 9.19. The average molecular weight is 266 g/mol. The van der Waals surface area contributed by atoms with E-state index in [2.05, 4.69) is 4.74 Å². The van der Waals surface area contributed by atoms with E-state index in [1.54, 1.807) is 0 Å². The van der Waals surface area contributed by atoms with Crippen LogP contribution < -0.4 is 9.47 Å². The first-order valence-corrected chi connectivity index (χ1v) is 5.82. The number of hydrogen-bond acceptors (Lipinski definition) is 6. The lowest BCUT2D eigenvalue weighted by Crippen LogP contribution is -2.15. The third kappa shape index (κ3) is 2.53. The van der Waals surface area contributed by atoms with E-state index in [0.29, 0.717) is 31.5 Å². The minimum atomic E-state index is -1.47. The van der Waals surface area contributed by atoms with Gasteiger partial charge in [-0.05, 0) is 6.07 Å². The summed E-state index contributed by atoms with van der Waals surface area (Å²) in [6, 6.07) is 2.93. The van der Waals surface area contributed by atoms with E-state index in [1.165, 1.54) is 19.2 Å². The summed E-state index contributed by atoms with van der Waals surface area (Å²) in [7, 11) is 1.18. The summed E-state index contributed by atoms with van der Waals surface area (Å²) >= 11 is 0. The molecule has 1 aliphatic heterocycles. The highest BCUT2D eigenvalue weighted by Crippen LogP contribution is 2.39. The van der Waals surface area contributed by atoms with Gasteiger partial charge in [0.25, 0.3) is 0 Å². The quantitative estimate of drug-likeness (QED) is 0.645. The van der Waals surface area contributed by atoms with Gasteiger partial charge in [-0.1, -0.05) is 6.07 Å². The Morgan fingerprint density at radius 3 is 2.68 bits per heavy atom. The smallest absolute Gasteiger partial charge is 0.339 e. The van der Waals surface area contributed by atoms with Crippen molar-refractivity contribution in [1.29, 1.82) is 0 Å². The molecule has 0 radical (unpaired) electrons. The van der Waals surface area contributed by atoms with Gasteiger partial charge in [0.05, 0.1) is 25.9 Å². The van der Waals surface area contributed by atoms with Crippen molar-refractivity contribution in [3.63, 3.8) is 0 Å². The maximum absolute atomic E-state index is 11.4. The molecule has 1 N–H and O–H groups in total. The molecule has 0 bridgehead atoms. The second-order valence-electron chi connectivity index (χ2n) is 4.00. The molecule has 6 nitrogen and oxygen atoms in total. The zero-order valence-corrected chi connectivity index (χ0v) is 10.4. The van der Waals surface area contributed by atoms with Gasteiger partial charge in [-0.2, -0.15) is 0 Å². The Morgan fingerprint density at radius 2 is 2.05 bits per heavy atom. The number of carbonyl (C=O) groups is 2. The van der Waals surface area contributed by atoms with Crippen molar-refractivity contribution in [2.24, 2.45) is 0 Å². The number of ether oxygens (including phenoxy) is 3. The summed E-state index contributed by atoms with van der Waals surface area (Å²) in [6.45, 7) is 0.793. The zero-order valence-electron chi connectivity index (χ0n) is 10.4. The first-order valence-electron chi connectivity index (χ1n) is 5.82. The Kier molecular flexibility index (Phi) is 4.01. The maximum Gasteiger partial charge on any atom is 0.339 e. The van der Waals surface area contributed by atoms with Crippen LogP contribution in [0.2, 0.25) is 0 Å². The summed E-state index contributed by atoms with van der Waals surface area (Å²) in [6.07, 6.45) is -0.177. The van der Waals surface area contributed by atoms with E-state index in [-0.39, 0.29) is 17.1 Å². The molecule has 1 aromatic carbocycles. The lowest BCUT2D eigenvalue weighted by molar-refractivity contribution is -0.150. The minimum Gasteiger partial charge on any atom is -0.489 e. The SMILES string of the molecule is COC(=O)C(O)c1ccc(C=O)c2c1OCCCO2. The zero-order chi connectivity index (χ0) is 13.8. The van der Waals surface area contributed by atoms with Crippen LogP contribution in [-0.2, 0) is 9.53 Å². The number of fused-ring (bicyclic) bond motifs is 1. The molecule has 0 saturated carbocycles. The third-order valence-electron chi connectivity index (χ3n) is 2.80. The molecule has 6 heteroatoms. The van der Waals surface area contributed by atoms with Crippen LogP contribution in [0.4, 0.5) is 0 Å². The molecule has 1 heterocycles. The highest BCUT2D eigenvalue weighted by atomic mass is 16.5. The normalized spacial score (nSPS) is 15.3. The molecule has 1 unspecified atom stereocenters. The number of aliphatic hydroxyl groups excluding tert-OH is 1. The van der Waals surface area contributed by atoms with E-state index >= 15 is 0 Å². The van der Waals surface area contributed by atoms with Crippen LogP contribution in [0.3, 0.4) is 0 Å². The monoisotopic (exact) mass is 266 g/mol. The van der Waals surface area contributed by atoms with Crippen molar-refractivity contribution in [2.45, 2.75) is 12.5 Å². The van der Waals surface area contributed by atoms with E-state index in [1.807, 2.05) is 0 Å². The summed E-state index contributed by atoms with van der Waals surface area (Å²) in [5.74, 6) is -0.318. The molecule has 0 aliphatic carbocycles. The number of benzene rings is 1. The van der Waals surface area contributed by atoms with Gasteiger partial charge in [-0.3, -0.25) is 4.79 Å². The molecular weight excluding hydrogens is 252 g/mol. The lowest BCUT2D eigenvalue weighted by Gasteiger charge is -2.16. The summed E-state index contributed by atoms with van der Waals surface area (Å²) in [5, 5.41) is 9.90. The van der Waals surface area contributed by atoms with E-state index in [0.717, 1.165) is 0 Å². The van der Waals surface area contributed by atoms with Gasteiger partial charge < -0.3 is 19.3 Å². The van der Waals surface area contributed by atoms with Gasteiger partial charge in [0.2, 0.25) is 0 Å². The number of hydrogen-bond donors (Lipinski definition) is 1. The molecule has 0 spiro atoms. The van der Waals surface area contributed by atoms with Crippen molar-refractivity contribution in [3.8, 4) is 11.5 Å². The van der Waals surface area contributed by atoms with E-state index < -0.39 is 12.1 Å². The van der Waals surface area contributed by atoms with Gasteiger partial charge in [-0.15, -0.1) is 0 Å². The molecule has 102 valence electrons. The fourth-order valence-corrected chi connectivity index (χ4v) is 1.84. The number of rotatable bonds is 3. The van der Waals surface area contributed by atoms with Gasteiger partial charge in [0, 0.05) is 12.0 Å². The molecule has 19 heavy (non-hydrogen) atoms. The predicted octanol–water partition coefficient (Wildman–Crippen LogP) is 0.867. The first kappa shape index (κ1) is 13.4. The fourth-order valence-electron chi connectivity index (χ4n) is 1.84. The Bertz CT molecular complexity index is 496. The van der Waals surface area contributed by atoms with Crippen molar-refractivity contribution in [3.05, 3.63) is 23.3 Å². The maximum atomic E-state index is 11.4. The number of carbonyl (C=O) groups excluding carboxylic acids is 2. The van der Waals surface area contributed by atoms with Gasteiger partial charge in [0.15, 0.2) is 23.9 Å². The lowest BCUT2D eigenvalue weighted by atomic mass is 10.0. The second kappa shape index (κ2) is 5.71. The van der Waals surface area contributed by atoms with E-state index in [9.17, 15) is 14.7 Å². The van der Waals surface area contributed by atoms with Crippen LogP contribution in [0.25, 0.3) is 0 Å². The molecule has 2 rings (SSSR count). The summed E-state index contributed by atoms with van der Waals surface area (Å²) in [5.41, 5.74) is 0.548. The van der Waals surface area contributed by atoms with Crippen LogP contribution in [0.15, 0.2) is 12.1 Å². The van der Waals surface area contributed by atoms with E-state index in [4.69, 9.17) is 9.47 Å². The number of aliphatic hydroxyl groups is 1. The molecule has 1 atom stereocenters. The van der Waals surface area contributed by atoms with Crippen LogP contribution in [0, 0.1) is 0 Å². The highest BCUT2D eigenvalue weighted by Gasteiger charge is 2.27. The van der Waals surface area contributed by atoms with Crippen LogP contribution >= 0.6 is 0 Å². The molecule has 0 amide bonds. The second-order valence-corrected chi connectivity index (χ2v) is 4.00. The van der Waals surface area contributed by atoms with Gasteiger partial charge >= 0.3 is 5.97 Å². The summed E-state index contributed by atoms with van der Waals surface area (Å²) < 4.78 is 15.4. The number of aldehydes is 1. The molecular formula is C13H14O6. The van der Waals surface area contributed by atoms with Gasteiger partial charge in [0.1, 0.15) is 0 Å². The average Bonchev–Trinajstić information content (AvgIpc) is 2.70. The Hall–Kier alpha value is -2.08. The standard InChI is InChI=1S/C13H14O6/c1-17-13(16)10(15)9-4-3-8(7-14)11-12(9)19-6-2-5-18-11/h3-4,7,10,15H,2,5-6H2,1H3. The fraction of sp³-hybridized carbons (Fsp3) is 0.385. The largest absolute Gasteiger partial charge is 0.489 e. The summed E-state index contributed by atoms with van der Waals surface area (Å²) in [4.78, 5) is 22.4. The van der Waals surface area contributed by atoms with Crippen molar-refractivity contribution in [1.82, 2.24) is 0 Å². The van der Waals surface area contributed by atoms with Gasteiger partial charge in [-0.25, -0.2) is 4.79 Å². The third-order valence-corrected chi connectivity index (χ3v) is 2.80. The number of methoxy groups -OCH3 is 1. The molecule has 1 aliphatic rings.